The first-order valence-electron chi connectivity index (χ1n) is 8.30. The van der Waals surface area contributed by atoms with Crippen LogP contribution in [0.4, 0.5) is 11.6 Å². The molecule has 0 atom stereocenters. The van der Waals surface area contributed by atoms with Crippen LogP contribution in [0.1, 0.15) is 17.8 Å². The fraction of sp³-hybridized carbons (Fsp3) is 0.353. The molecule has 0 aliphatic carbocycles. The Hall–Kier alpha value is -3.21. The Morgan fingerprint density at radius 1 is 0.960 bits per heavy atom. The number of aryl methyl sites for hydroxylation is 1. The molecule has 8 nitrogen and oxygen atoms in total. The minimum Gasteiger partial charge on any atom is -0.355 e. The highest BCUT2D eigenvalue weighted by atomic mass is 15.4. The highest BCUT2D eigenvalue weighted by Gasteiger charge is 2.18. The number of nitriles is 1. The first kappa shape index (κ1) is 15.3. The van der Waals surface area contributed by atoms with Gasteiger partial charge in [-0.25, -0.2) is 4.98 Å². The second-order valence-corrected chi connectivity index (χ2v) is 6.05. The zero-order valence-corrected chi connectivity index (χ0v) is 14.0. The van der Waals surface area contributed by atoms with Crippen LogP contribution in [0.5, 0.6) is 0 Å². The lowest BCUT2D eigenvalue weighted by Gasteiger charge is -2.23. The summed E-state index contributed by atoms with van der Waals surface area (Å²) in [6.07, 6.45) is 2.64. The van der Waals surface area contributed by atoms with E-state index in [2.05, 4.69) is 36.1 Å². The standard InChI is InChI=1S/C17H18N8/c1-13-20-21-16-5-6-17(22-25(13)16)24-8-2-7-23(9-10-24)15-4-3-14(11-18)12-19-15/h3-6,12H,2,7-10H2,1H3. The maximum absolute atomic E-state index is 8.90. The molecular formula is C17H18N8. The Morgan fingerprint density at radius 2 is 1.72 bits per heavy atom. The van der Waals surface area contributed by atoms with E-state index < -0.39 is 0 Å². The van der Waals surface area contributed by atoms with Crippen LogP contribution in [0.15, 0.2) is 30.5 Å². The van der Waals surface area contributed by atoms with Gasteiger partial charge in [-0.3, -0.25) is 0 Å². The molecular weight excluding hydrogens is 316 g/mol. The Balaban J connectivity index is 1.51. The molecule has 3 aromatic heterocycles. The first-order chi connectivity index (χ1) is 12.2. The highest BCUT2D eigenvalue weighted by Crippen LogP contribution is 2.18. The third-order valence-electron chi connectivity index (χ3n) is 4.43. The molecule has 0 radical (unpaired) electrons. The number of nitrogens with zero attached hydrogens (tertiary/aromatic N) is 8. The molecule has 0 saturated carbocycles. The van der Waals surface area contributed by atoms with Crippen molar-refractivity contribution < 1.29 is 0 Å². The zero-order valence-electron chi connectivity index (χ0n) is 14.0. The minimum absolute atomic E-state index is 0.585. The van der Waals surface area contributed by atoms with Crippen LogP contribution in [0.3, 0.4) is 0 Å². The maximum Gasteiger partial charge on any atom is 0.178 e. The van der Waals surface area contributed by atoms with E-state index in [-0.39, 0.29) is 0 Å². The summed E-state index contributed by atoms with van der Waals surface area (Å²) in [5, 5.41) is 21.7. The Morgan fingerprint density at radius 3 is 2.44 bits per heavy atom. The van der Waals surface area contributed by atoms with Gasteiger partial charge in [0.2, 0.25) is 0 Å². The van der Waals surface area contributed by atoms with Crippen LogP contribution in [-0.2, 0) is 0 Å². The molecule has 8 heteroatoms. The van der Waals surface area contributed by atoms with Crippen LogP contribution in [-0.4, -0.2) is 51.0 Å². The summed E-state index contributed by atoms with van der Waals surface area (Å²) in [6, 6.07) is 9.79. The van der Waals surface area contributed by atoms with E-state index in [1.54, 1.807) is 10.7 Å². The predicted octanol–water partition coefficient (Wildman–Crippen LogP) is 1.42. The van der Waals surface area contributed by atoms with Gasteiger partial charge in [-0.05, 0) is 37.6 Å². The summed E-state index contributed by atoms with van der Waals surface area (Å²) in [4.78, 5) is 8.94. The van der Waals surface area contributed by atoms with E-state index in [4.69, 9.17) is 5.26 Å². The number of hydrogen-bond acceptors (Lipinski definition) is 7. The van der Waals surface area contributed by atoms with E-state index in [9.17, 15) is 0 Å². The minimum atomic E-state index is 0.585. The molecule has 0 N–H and O–H groups in total. The number of aromatic nitrogens is 5. The third-order valence-corrected chi connectivity index (χ3v) is 4.43. The molecule has 0 bridgehead atoms. The first-order valence-corrected chi connectivity index (χ1v) is 8.30. The summed E-state index contributed by atoms with van der Waals surface area (Å²) in [7, 11) is 0. The van der Waals surface area contributed by atoms with Crippen molar-refractivity contribution in [1.29, 1.82) is 5.26 Å². The molecule has 0 unspecified atom stereocenters. The van der Waals surface area contributed by atoms with Gasteiger partial charge in [-0.1, -0.05) is 0 Å². The van der Waals surface area contributed by atoms with Gasteiger partial charge in [0.05, 0.1) is 5.56 Å². The van der Waals surface area contributed by atoms with Gasteiger partial charge in [0.1, 0.15) is 17.7 Å². The van der Waals surface area contributed by atoms with Crippen molar-refractivity contribution in [1.82, 2.24) is 24.8 Å². The second kappa shape index (κ2) is 6.36. The molecule has 1 aliphatic heterocycles. The van der Waals surface area contributed by atoms with Gasteiger partial charge < -0.3 is 9.80 Å². The second-order valence-electron chi connectivity index (χ2n) is 6.05. The average molecular weight is 334 g/mol. The van der Waals surface area contributed by atoms with Gasteiger partial charge in [0.15, 0.2) is 11.5 Å². The van der Waals surface area contributed by atoms with Crippen molar-refractivity contribution in [2.24, 2.45) is 0 Å². The highest BCUT2D eigenvalue weighted by molar-refractivity contribution is 5.47. The van der Waals surface area contributed by atoms with Crippen molar-refractivity contribution in [3.05, 3.63) is 41.9 Å². The molecule has 0 amide bonds. The van der Waals surface area contributed by atoms with Crippen molar-refractivity contribution in [2.45, 2.75) is 13.3 Å². The van der Waals surface area contributed by atoms with E-state index in [0.29, 0.717) is 5.56 Å². The van der Waals surface area contributed by atoms with E-state index in [0.717, 1.165) is 55.7 Å². The largest absolute Gasteiger partial charge is 0.355 e. The van der Waals surface area contributed by atoms with Gasteiger partial charge in [0, 0.05) is 32.4 Å². The summed E-state index contributed by atoms with van der Waals surface area (Å²) < 4.78 is 1.78. The van der Waals surface area contributed by atoms with Gasteiger partial charge in [-0.15, -0.1) is 15.3 Å². The smallest absolute Gasteiger partial charge is 0.178 e. The molecule has 1 fully saturated rings. The monoisotopic (exact) mass is 334 g/mol. The maximum atomic E-state index is 8.90. The molecule has 126 valence electrons. The number of fused-ring (bicyclic) bond motifs is 1. The fourth-order valence-electron chi connectivity index (χ4n) is 3.07. The summed E-state index contributed by atoms with van der Waals surface area (Å²) in [6.45, 7) is 5.49. The van der Waals surface area contributed by atoms with Crippen molar-refractivity contribution >= 4 is 17.3 Å². The van der Waals surface area contributed by atoms with E-state index >= 15 is 0 Å². The lowest BCUT2D eigenvalue weighted by atomic mass is 10.3. The van der Waals surface area contributed by atoms with Crippen molar-refractivity contribution in [2.75, 3.05) is 36.0 Å². The number of pyridine rings is 1. The van der Waals surface area contributed by atoms with Crippen molar-refractivity contribution in [3.63, 3.8) is 0 Å². The molecule has 4 heterocycles. The lowest BCUT2D eigenvalue weighted by Crippen LogP contribution is -2.31. The Kier molecular flexibility index (Phi) is 3.90. The van der Waals surface area contributed by atoms with Crippen LogP contribution >= 0.6 is 0 Å². The molecule has 4 rings (SSSR count). The van der Waals surface area contributed by atoms with Crippen LogP contribution in [0.25, 0.3) is 5.65 Å². The van der Waals surface area contributed by atoms with E-state index in [1.165, 1.54) is 0 Å². The van der Waals surface area contributed by atoms with Crippen LogP contribution < -0.4 is 9.80 Å². The average Bonchev–Trinajstić information content (AvgIpc) is 2.87. The van der Waals surface area contributed by atoms with Gasteiger partial charge in [-0.2, -0.15) is 9.78 Å². The molecule has 0 aromatic carbocycles. The number of rotatable bonds is 2. The molecule has 1 aliphatic rings. The molecule has 25 heavy (non-hydrogen) atoms. The number of hydrogen-bond donors (Lipinski definition) is 0. The fourth-order valence-corrected chi connectivity index (χ4v) is 3.07. The normalized spacial score (nSPS) is 15.2. The number of anilines is 2. The summed E-state index contributed by atoms with van der Waals surface area (Å²) in [5.74, 6) is 2.64. The SMILES string of the molecule is Cc1nnc2ccc(N3CCCN(c4ccc(C#N)cn4)CC3)nn12. The van der Waals surface area contributed by atoms with Crippen LogP contribution in [0, 0.1) is 18.3 Å². The summed E-state index contributed by atoms with van der Waals surface area (Å²) in [5.41, 5.74) is 1.35. The Bertz CT molecular complexity index is 924. The predicted molar refractivity (Wildman–Crippen MR) is 93.5 cm³/mol. The summed E-state index contributed by atoms with van der Waals surface area (Å²) >= 11 is 0. The molecule has 1 saturated heterocycles. The van der Waals surface area contributed by atoms with Gasteiger partial charge in [0.25, 0.3) is 0 Å². The lowest BCUT2D eigenvalue weighted by molar-refractivity contribution is 0.769. The van der Waals surface area contributed by atoms with Crippen LogP contribution in [0.2, 0.25) is 0 Å². The zero-order chi connectivity index (χ0) is 17.2. The topological polar surface area (TPSA) is 86.2 Å². The Labute approximate surface area is 145 Å². The van der Waals surface area contributed by atoms with Crippen molar-refractivity contribution in [3.8, 4) is 6.07 Å². The quantitative estimate of drug-likeness (QED) is 0.700. The molecule has 3 aromatic rings. The van der Waals surface area contributed by atoms with Gasteiger partial charge >= 0.3 is 0 Å². The molecule has 0 spiro atoms. The van der Waals surface area contributed by atoms with E-state index in [1.807, 2.05) is 31.2 Å². The third kappa shape index (κ3) is 2.96.